The molecule has 1 aromatic heterocycles. The largest absolute Gasteiger partial charge is 0.329 e. The molecule has 0 saturated carbocycles. The second kappa shape index (κ2) is 7.82. The Balaban J connectivity index is 0.00000324. The monoisotopic (exact) mass is 305 g/mol. The maximum Gasteiger partial charge on any atom is 0.233 e. The van der Waals surface area contributed by atoms with Crippen molar-refractivity contribution in [2.45, 2.75) is 46.5 Å². The van der Waals surface area contributed by atoms with E-state index < -0.39 is 5.41 Å². The first-order chi connectivity index (χ1) is 8.49. The molecule has 0 aliphatic heterocycles. The lowest BCUT2D eigenvalue weighted by molar-refractivity contribution is -0.125. The Morgan fingerprint density at radius 2 is 2.05 bits per heavy atom. The van der Waals surface area contributed by atoms with Gasteiger partial charge in [-0.3, -0.25) is 4.79 Å². The summed E-state index contributed by atoms with van der Waals surface area (Å²) in [6, 6.07) is 0. The Morgan fingerprint density at radius 3 is 2.42 bits per heavy atom. The van der Waals surface area contributed by atoms with Crippen LogP contribution in [0, 0.1) is 5.41 Å². The number of amides is 1. The Labute approximate surface area is 125 Å². The Bertz CT molecular complexity index is 394. The number of hydrogen-bond acceptors (Lipinski definition) is 4. The van der Waals surface area contributed by atoms with Gasteiger partial charge in [-0.05, 0) is 18.8 Å². The van der Waals surface area contributed by atoms with Crippen molar-refractivity contribution in [3.63, 3.8) is 0 Å². The summed E-state index contributed by atoms with van der Waals surface area (Å²) in [5.41, 5.74) is 5.29. The van der Waals surface area contributed by atoms with Crippen LogP contribution in [0.15, 0.2) is 6.20 Å². The van der Waals surface area contributed by atoms with Gasteiger partial charge in [0.15, 0.2) is 5.13 Å². The average Bonchev–Trinajstić information content (AvgIpc) is 2.81. The molecule has 19 heavy (non-hydrogen) atoms. The van der Waals surface area contributed by atoms with Crippen LogP contribution in [0.5, 0.6) is 0 Å². The SMILES string of the molecule is CCC(CC)(CN)C(=O)Nc1ncc(C(C)C)s1.Cl. The molecule has 4 nitrogen and oxygen atoms in total. The molecule has 110 valence electrons. The minimum Gasteiger partial charge on any atom is -0.329 e. The van der Waals surface area contributed by atoms with Crippen molar-refractivity contribution >= 4 is 34.8 Å². The summed E-state index contributed by atoms with van der Waals surface area (Å²) < 4.78 is 0. The molecule has 0 atom stereocenters. The fourth-order valence-corrected chi connectivity index (χ4v) is 2.61. The Kier molecular flexibility index (Phi) is 7.55. The Morgan fingerprint density at radius 1 is 1.47 bits per heavy atom. The van der Waals surface area contributed by atoms with Crippen molar-refractivity contribution < 1.29 is 4.79 Å². The van der Waals surface area contributed by atoms with Crippen LogP contribution in [-0.2, 0) is 4.79 Å². The molecule has 1 amide bonds. The zero-order chi connectivity index (χ0) is 13.8. The zero-order valence-electron chi connectivity index (χ0n) is 12.0. The van der Waals surface area contributed by atoms with E-state index >= 15 is 0 Å². The predicted molar refractivity (Wildman–Crippen MR) is 84.2 cm³/mol. The van der Waals surface area contributed by atoms with E-state index in [1.54, 1.807) is 0 Å². The number of nitrogens with one attached hydrogen (secondary N) is 1. The second-order valence-electron chi connectivity index (χ2n) is 4.87. The number of carbonyl (C=O) groups excluding carboxylic acids is 1. The first-order valence-corrected chi connectivity index (χ1v) is 7.28. The normalized spacial score (nSPS) is 11.3. The summed E-state index contributed by atoms with van der Waals surface area (Å²) in [7, 11) is 0. The van der Waals surface area contributed by atoms with E-state index in [0.717, 1.165) is 12.8 Å². The van der Waals surface area contributed by atoms with Gasteiger partial charge in [0.05, 0.1) is 5.41 Å². The number of nitrogens with two attached hydrogens (primary N) is 1. The van der Waals surface area contributed by atoms with Crippen molar-refractivity contribution in [1.82, 2.24) is 4.98 Å². The van der Waals surface area contributed by atoms with E-state index in [-0.39, 0.29) is 18.3 Å². The molecule has 6 heteroatoms. The highest BCUT2D eigenvalue weighted by molar-refractivity contribution is 7.15. The molecule has 0 aromatic carbocycles. The van der Waals surface area contributed by atoms with Gasteiger partial charge in [0.1, 0.15) is 0 Å². The average molecular weight is 306 g/mol. The summed E-state index contributed by atoms with van der Waals surface area (Å²) in [5.74, 6) is 0.421. The van der Waals surface area contributed by atoms with Crippen LogP contribution in [-0.4, -0.2) is 17.4 Å². The van der Waals surface area contributed by atoms with Crippen LogP contribution < -0.4 is 11.1 Å². The predicted octanol–water partition coefficient (Wildman–Crippen LogP) is 3.39. The summed E-state index contributed by atoms with van der Waals surface area (Å²) in [5, 5.41) is 3.57. The van der Waals surface area contributed by atoms with E-state index in [2.05, 4.69) is 24.1 Å². The smallest absolute Gasteiger partial charge is 0.233 e. The van der Waals surface area contributed by atoms with Gasteiger partial charge in [-0.1, -0.05) is 27.7 Å². The van der Waals surface area contributed by atoms with Crippen molar-refractivity contribution in [1.29, 1.82) is 0 Å². The number of hydrogen-bond donors (Lipinski definition) is 2. The van der Waals surface area contributed by atoms with Gasteiger partial charge in [-0.25, -0.2) is 4.98 Å². The first kappa shape index (κ1) is 18.4. The molecule has 1 aromatic rings. The molecule has 1 rings (SSSR count). The van der Waals surface area contributed by atoms with Crippen LogP contribution in [0.25, 0.3) is 0 Å². The van der Waals surface area contributed by atoms with Crippen molar-refractivity contribution in [2.75, 3.05) is 11.9 Å². The van der Waals surface area contributed by atoms with Gasteiger partial charge >= 0.3 is 0 Å². The minimum atomic E-state index is -0.469. The molecule has 1 heterocycles. The summed E-state index contributed by atoms with van der Waals surface area (Å²) >= 11 is 1.53. The van der Waals surface area contributed by atoms with E-state index in [1.165, 1.54) is 16.2 Å². The highest BCUT2D eigenvalue weighted by atomic mass is 35.5. The molecule has 0 radical (unpaired) electrons. The van der Waals surface area contributed by atoms with E-state index in [4.69, 9.17) is 5.73 Å². The number of halogens is 1. The van der Waals surface area contributed by atoms with Gasteiger partial charge in [0.2, 0.25) is 5.91 Å². The third kappa shape index (κ3) is 4.16. The second-order valence-corrected chi connectivity index (χ2v) is 5.93. The molecular formula is C13H24ClN3OS. The highest BCUT2D eigenvalue weighted by Gasteiger charge is 2.33. The third-order valence-electron chi connectivity index (χ3n) is 3.54. The number of carbonyl (C=O) groups is 1. The summed E-state index contributed by atoms with van der Waals surface area (Å²) in [4.78, 5) is 17.7. The lowest BCUT2D eigenvalue weighted by Crippen LogP contribution is -2.41. The maximum absolute atomic E-state index is 12.3. The highest BCUT2D eigenvalue weighted by Crippen LogP contribution is 2.29. The van der Waals surface area contributed by atoms with Crippen LogP contribution in [0.2, 0.25) is 0 Å². The molecule has 0 aliphatic carbocycles. The number of thiazole rings is 1. The van der Waals surface area contributed by atoms with Gasteiger partial charge in [-0.15, -0.1) is 23.7 Å². The van der Waals surface area contributed by atoms with E-state index in [9.17, 15) is 4.79 Å². The summed E-state index contributed by atoms with van der Waals surface area (Å²) in [6.45, 7) is 8.59. The van der Waals surface area contributed by atoms with E-state index in [0.29, 0.717) is 17.6 Å². The molecule has 0 fully saturated rings. The van der Waals surface area contributed by atoms with Gasteiger partial charge in [0.25, 0.3) is 0 Å². The lowest BCUT2D eigenvalue weighted by Gasteiger charge is -2.27. The summed E-state index contributed by atoms with van der Waals surface area (Å²) in [6.07, 6.45) is 3.31. The van der Waals surface area contributed by atoms with Crippen molar-refractivity contribution in [3.8, 4) is 0 Å². The fraction of sp³-hybridized carbons (Fsp3) is 0.692. The fourth-order valence-electron chi connectivity index (χ4n) is 1.79. The van der Waals surface area contributed by atoms with Crippen molar-refractivity contribution in [3.05, 3.63) is 11.1 Å². The topological polar surface area (TPSA) is 68.0 Å². The zero-order valence-corrected chi connectivity index (χ0v) is 13.7. The standard InChI is InChI=1S/C13H23N3OS.ClH/c1-5-13(6-2,8-14)11(17)16-12-15-7-10(18-12)9(3)4;/h7,9H,5-6,8,14H2,1-4H3,(H,15,16,17);1H. The van der Waals surface area contributed by atoms with Crippen LogP contribution in [0.3, 0.4) is 0 Å². The van der Waals surface area contributed by atoms with Gasteiger partial charge in [-0.2, -0.15) is 0 Å². The third-order valence-corrected chi connectivity index (χ3v) is 4.75. The van der Waals surface area contributed by atoms with Gasteiger partial charge < -0.3 is 11.1 Å². The van der Waals surface area contributed by atoms with Crippen molar-refractivity contribution in [2.24, 2.45) is 11.1 Å². The molecule has 0 saturated heterocycles. The van der Waals surface area contributed by atoms with Gasteiger partial charge in [0, 0.05) is 17.6 Å². The molecule has 0 aliphatic rings. The van der Waals surface area contributed by atoms with Crippen LogP contribution >= 0.6 is 23.7 Å². The van der Waals surface area contributed by atoms with E-state index in [1.807, 2.05) is 20.0 Å². The minimum absolute atomic E-state index is 0. The van der Waals surface area contributed by atoms with Crippen LogP contribution in [0.1, 0.15) is 51.3 Å². The number of aromatic nitrogens is 1. The number of nitrogens with zero attached hydrogens (tertiary/aromatic N) is 1. The first-order valence-electron chi connectivity index (χ1n) is 6.46. The molecule has 3 N–H and O–H groups in total. The number of rotatable bonds is 6. The Hall–Kier alpha value is -0.650. The molecule has 0 unspecified atom stereocenters. The van der Waals surface area contributed by atoms with Crippen LogP contribution in [0.4, 0.5) is 5.13 Å². The number of anilines is 1. The molecule has 0 bridgehead atoms. The lowest BCUT2D eigenvalue weighted by atomic mass is 9.81. The molecular weight excluding hydrogens is 282 g/mol. The molecule has 0 spiro atoms. The maximum atomic E-state index is 12.3. The quantitative estimate of drug-likeness (QED) is 0.846.